The molecule has 1 fully saturated rings. The monoisotopic (exact) mass is 505 g/mol. The molecule has 7 nitrogen and oxygen atoms in total. The highest BCUT2D eigenvalue weighted by atomic mass is 35.5. The lowest BCUT2D eigenvalue weighted by Crippen LogP contribution is -2.41. The lowest BCUT2D eigenvalue weighted by atomic mass is 10.1. The molecule has 3 rings (SSSR count). The summed E-state index contributed by atoms with van der Waals surface area (Å²) in [7, 11) is 1.95. The minimum absolute atomic E-state index is 0.0890. The van der Waals surface area contributed by atoms with E-state index in [9.17, 15) is 9.59 Å². The lowest BCUT2D eigenvalue weighted by molar-refractivity contribution is -0.132. The highest BCUT2D eigenvalue weighted by molar-refractivity contribution is 6.31. The summed E-state index contributed by atoms with van der Waals surface area (Å²) in [6.07, 6.45) is 12.4. The maximum absolute atomic E-state index is 13.6. The van der Waals surface area contributed by atoms with Gasteiger partial charge in [-0.2, -0.15) is 0 Å². The van der Waals surface area contributed by atoms with Crippen LogP contribution in [-0.4, -0.2) is 56.7 Å². The fourth-order valence-corrected chi connectivity index (χ4v) is 4.73. The van der Waals surface area contributed by atoms with E-state index in [1.165, 1.54) is 4.57 Å². The standard InChI is InChI=1S/C25H33Cl2N5O2/c1-5-7-20(26)9-8-18(3)31-24(19-10-13-29(4)17-21(27)16-19)28-32(25(31)34)22-11-14-30(15-12-22)23(33)6-2/h7-10,17,22H,3,5-6,11-16H2,1-2,4H3/b9-8-,20-7+. The highest BCUT2D eigenvalue weighted by Gasteiger charge is 2.28. The zero-order chi connectivity index (χ0) is 24.8. The van der Waals surface area contributed by atoms with Crippen molar-refractivity contribution in [2.24, 2.45) is 0 Å². The Kier molecular flexibility index (Phi) is 9.03. The fourth-order valence-electron chi connectivity index (χ4n) is 4.20. The summed E-state index contributed by atoms with van der Waals surface area (Å²) < 4.78 is 3.09. The van der Waals surface area contributed by atoms with Gasteiger partial charge in [-0.3, -0.25) is 4.79 Å². The number of allylic oxidation sites excluding steroid dienone is 7. The van der Waals surface area contributed by atoms with Crippen molar-refractivity contribution in [2.45, 2.75) is 52.0 Å². The van der Waals surface area contributed by atoms with Crippen LogP contribution in [0.15, 0.2) is 51.9 Å². The smallest absolute Gasteiger partial charge is 0.351 e. The molecule has 1 amide bonds. The van der Waals surface area contributed by atoms with Crippen LogP contribution in [0.2, 0.25) is 0 Å². The second-order valence-corrected chi connectivity index (χ2v) is 9.52. The van der Waals surface area contributed by atoms with Gasteiger partial charge in [0.1, 0.15) is 0 Å². The van der Waals surface area contributed by atoms with E-state index in [2.05, 4.69) is 6.58 Å². The summed E-state index contributed by atoms with van der Waals surface area (Å²) in [6.45, 7) is 9.89. The quantitative estimate of drug-likeness (QED) is 0.490. The van der Waals surface area contributed by atoms with E-state index in [0.29, 0.717) is 66.9 Å². The first-order chi connectivity index (χ1) is 16.2. The Bertz CT molecular complexity index is 1100. The molecule has 2 aliphatic rings. The van der Waals surface area contributed by atoms with Crippen LogP contribution in [0.4, 0.5) is 0 Å². The summed E-state index contributed by atoms with van der Waals surface area (Å²) in [5.41, 5.74) is 1.09. The number of likely N-dealkylation sites (tertiary alicyclic amines) is 1. The zero-order valence-corrected chi connectivity index (χ0v) is 21.6. The van der Waals surface area contributed by atoms with Gasteiger partial charge in [0.15, 0.2) is 5.82 Å². The van der Waals surface area contributed by atoms with E-state index < -0.39 is 0 Å². The van der Waals surface area contributed by atoms with Crippen molar-refractivity contribution in [2.75, 3.05) is 26.7 Å². The Morgan fingerprint density at radius 3 is 2.62 bits per heavy atom. The van der Waals surface area contributed by atoms with Crippen LogP contribution < -0.4 is 5.69 Å². The van der Waals surface area contributed by atoms with E-state index >= 15 is 0 Å². The normalized spacial score (nSPS) is 18.2. The van der Waals surface area contributed by atoms with Crippen LogP contribution >= 0.6 is 23.2 Å². The van der Waals surface area contributed by atoms with Gasteiger partial charge < -0.3 is 9.80 Å². The lowest BCUT2D eigenvalue weighted by Gasteiger charge is -2.31. The first-order valence-electron chi connectivity index (χ1n) is 11.7. The molecule has 0 aliphatic carbocycles. The van der Waals surface area contributed by atoms with Crippen LogP contribution in [0.3, 0.4) is 0 Å². The molecule has 34 heavy (non-hydrogen) atoms. The third kappa shape index (κ3) is 6.13. The van der Waals surface area contributed by atoms with Crippen LogP contribution in [0.5, 0.6) is 0 Å². The van der Waals surface area contributed by atoms with Gasteiger partial charge >= 0.3 is 5.69 Å². The van der Waals surface area contributed by atoms with E-state index in [1.807, 2.05) is 49.0 Å². The molecule has 0 saturated carbocycles. The molecule has 0 spiro atoms. The number of rotatable bonds is 7. The molecule has 0 unspecified atom stereocenters. The molecule has 2 aliphatic heterocycles. The molecule has 0 N–H and O–H groups in total. The summed E-state index contributed by atoms with van der Waals surface area (Å²) in [6, 6.07) is -0.0890. The van der Waals surface area contributed by atoms with E-state index in [4.69, 9.17) is 28.3 Å². The summed E-state index contributed by atoms with van der Waals surface area (Å²) in [4.78, 5) is 29.5. The second-order valence-electron chi connectivity index (χ2n) is 8.60. The zero-order valence-electron chi connectivity index (χ0n) is 20.1. The van der Waals surface area contributed by atoms with Gasteiger partial charge in [0, 0.05) is 67.1 Å². The van der Waals surface area contributed by atoms with Gasteiger partial charge in [-0.05, 0) is 31.4 Å². The molecule has 0 aromatic carbocycles. The fraction of sp³-hybridized carbons (Fsp3) is 0.480. The van der Waals surface area contributed by atoms with E-state index in [0.717, 1.165) is 12.0 Å². The molecule has 0 radical (unpaired) electrons. The Morgan fingerprint density at radius 2 is 1.97 bits per heavy atom. The van der Waals surface area contributed by atoms with Crippen molar-refractivity contribution in [1.29, 1.82) is 0 Å². The molecule has 1 saturated heterocycles. The number of hydrogen-bond acceptors (Lipinski definition) is 4. The molecule has 1 aromatic rings. The maximum atomic E-state index is 13.6. The Labute approximate surface area is 211 Å². The topological polar surface area (TPSA) is 63.4 Å². The minimum Gasteiger partial charge on any atom is -0.376 e. The Hall–Kier alpha value is -2.51. The van der Waals surface area contributed by atoms with Gasteiger partial charge in [0.25, 0.3) is 0 Å². The van der Waals surface area contributed by atoms with Crippen molar-refractivity contribution in [3.63, 3.8) is 0 Å². The number of aromatic nitrogens is 3. The summed E-state index contributed by atoms with van der Waals surface area (Å²) >= 11 is 12.7. The predicted octanol–water partition coefficient (Wildman–Crippen LogP) is 4.98. The minimum atomic E-state index is -0.251. The molecule has 184 valence electrons. The van der Waals surface area contributed by atoms with Crippen molar-refractivity contribution in [3.8, 4) is 0 Å². The number of amides is 1. The Morgan fingerprint density at radius 1 is 1.26 bits per heavy atom. The third-order valence-corrected chi connectivity index (χ3v) is 6.53. The largest absolute Gasteiger partial charge is 0.376 e. The molecule has 0 atom stereocenters. The first-order valence-corrected chi connectivity index (χ1v) is 12.5. The predicted molar refractivity (Wildman–Crippen MR) is 139 cm³/mol. The number of likely N-dealkylation sites (N-methyl/N-ethyl adjacent to an activating group) is 1. The van der Waals surface area contributed by atoms with Crippen molar-refractivity contribution >= 4 is 40.4 Å². The van der Waals surface area contributed by atoms with Gasteiger partial charge in [0.05, 0.1) is 6.04 Å². The van der Waals surface area contributed by atoms with Crippen molar-refractivity contribution < 1.29 is 4.79 Å². The number of carbonyl (C=O) groups is 1. The van der Waals surface area contributed by atoms with Gasteiger partial charge in [0.2, 0.25) is 5.91 Å². The molecule has 3 heterocycles. The molecular weight excluding hydrogens is 473 g/mol. The van der Waals surface area contributed by atoms with Crippen LogP contribution in [-0.2, 0) is 4.79 Å². The summed E-state index contributed by atoms with van der Waals surface area (Å²) in [5, 5.41) is 6.03. The number of piperidine rings is 1. The molecular formula is C25H33Cl2N5O2. The molecule has 9 heteroatoms. The van der Waals surface area contributed by atoms with Crippen LogP contribution in [0, 0.1) is 0 Å². The van der Waals surface area contributed by atoms with Crippen LogP contribution in [0.1, 0.15) is 57.8 Å². The number of nitrogens with zero attached hydrogens (tertiary/aromatic N) is 5. The third-order valence-electron chi connectivity index (χ3n) is 6.02. The second kappa shape index (κ2) is 11.8. The van der Waals surface area contributed by atoms with Gasteiger partial charge in [-0.15, -0.1) is 5.10 Å². The van der Waals surface area contributed by atoms with E-state index in [-0.39, 0.29) is 17.6 Å². The Balaban J connectivity index is 2.00. The first kappa shape index (κ1) is 26.1. The SMILES string of the molecule is C=C(/C=C\C(Cl)=C/CC)n1c(C2=CCN(C)C=C(Cl)C2)nn(C2CCN(C(=O)CC)CC2)c1=O. The average Bonchev–Trinajstić information content (AvgIpc) is 3.06. The molecule has 1 aromatic heterocycles. The number of hydrogen-bond donors (Lipinski definition) is 0. The maximum Gasteiger partial charge on any atom is 0.351 e. The summed E-state index contributed by atoms with van der Waals surface area (Å²) in [5.74, 6) is 0.672. The van der Waals surface area contributed by atoms with Gasteiger partial charge in [-0.25, -0.2) is 14.0 Å². The highest BCUT2D eigenvalue weighted by Crippen LogP contribution is 2.28. The molecule has 0 bridgehead atoms. The van der Waals surface area contributed by atoms with Crippen molar-refractivity contribution in [1.82, 2.24) is 24.1 Å². The average molecular weight is 506 g/mol. The van der Waals surface area contributed by atoms with Gasteiger partial charge in [-0.1, -0.05) is 55.8 Å². The van der Waals surface area contributed by atoms with Crippen molar-refractivity contribution in [3.05, 3.63) is 63.5 Å². The number of halogens is 2. The number of carbonyl (C=O) groups excluding carboxylic acids is 1. The van der Waals surface area contributed by atoms with Crippen LogP contribution in [0.25, 0.3) is 11.3 Å². The van der Waals surface area contributed by atoms with E-state index in [1.54, 1.807) is 16.8 Å².